The third kappa shape index (κ3) is 2.61. The molecule has 0 heterocycles. The van der Waals surface area contributed by atoms with Gasteiger partial charge in [-0.1, -0.05) is 6.08 Å². The molecule has 58 valence electrons. The Hall–Kier alpha value is -0.870. The van der Waals surface area contributed by atoms with Crippen LogP contribution in [0.1, 0.15) is 6.42 Å². The average molecular weight is 145 g/mol. The molecule has 2 unspecified atom stereocenters. The van der Waals surface area contributed by atoms with Crippen molar-refractivity contribution in [1.82, 2.24) is 0 Å². The molecule has 0 amide bonds. The summed E-state index contributed by atoms with van der Waals surface area (Å²) in [5.41, 5.74) is 5.23. The van der Waals surface area contributed by atoms with E-state index in [1.807, 2.05) is 0 Å². The van der Waals surface area contributed by atoms with Gasteiger partial charge >= 0.3 is 5.97 Å². The van der Waals surface area contributed by atoms with E-state index in [9.17, 15) is 4.79 Å². The minimum atomic E-state index is -1.49. The van der Waals surface area contributed by atoms with Crippen LogP contribution in [0.2, 0.25) is 0 Å². The van der Waals surface area contributed by atoms with Gasteiger partial charge in [-0.15, -0.1) is 6.58 Å². The lowest BCUT2D eigenvalue weighted by Crippen LogP contribution is -2.39. The number of carbonyl (C=O) groups is 1. The van der Waals surface area contributed by atoms with Crippen LogP contribution in [0.3, 0.4) is 0 Å². The molecule has 0 saturated carbocycles. The number of hydrogen-bond donors (Lipinski definition) is 3. The third-order valence-corrected chi connectivity index (χ3v) is 1.10. The van der Waals surface area contributed by atoms with E-state index >= 15 is 0 Å². The summed E-state index contributed by atoms with van der Waals surface area (Å²) in [6, 6.07) is -0.755. The Morgan fingerprint density at radius 2 is 2.30 bits per heavy atom. The first kappa shape index (κ1) is 9.13. The van der Waals surface area contributed by atoms with E-state index in [1.165, 1.54) is 6.08 Å². The highest BCUT2D eigenvalue weighted by atomic mass is 16.4. The fourth-order valence-electron chi connectivity index (χ4n) is 0.504. The van der Waals surface area contributed by atoms with Crippen molar-refractivity contribution in [3.63, 3.8) is 0 Å². The Labute approximate surface area is 59.0 Å². The summed E-state index contributed by atoms with van der Waals surface area (Å²) in [6.07, 6.45) is 0.280. The number of rotatable bonds is 4. The van der Waals surface area contributed by atoms with Crippen LogP contribution in [0, 0.1) is 0 Å². The molecule has 0 radical (unpaired) electrons. The zero-order valence-electron chi connectivity index (χ0n) is 5.53. The van der Waals surface area contributed by atoms with Gasteiger partial charge in [-0.2, -0.15) is 0 Å². The standard InChI is InChI=1S/C6H11NO3/c1-2-3-4(7)5(8)6(9)10/h2,4-5,8H,1,3,7H2,(H,9,10). The summed E-state index contributed by atoms with van der Waals surface area (Å²) in [4.78, 5) is 10.1. The third-order valence-electron chi connectivity index (χ3n) is 1.10. The van der Waals surface area contributed by atoms with Crippen LogP contribution in [0.15, 0.2) is 12.7 Å². The lowest BCUT2D eigenvalue weighted by atomic mass is 10.1. The molecule has 0 aromatic carbocycles. The SMILES string of the molecule is C=CCC(N)C(O)C(=O)O. The van der Waals surface area contributed by atoms with Crippen LogP contribution < -0.4 is 5.73 Å². The Balaban J connectivity index is 3.80. The number of aliphatic hydroxyl groups is 1. The molecule has 0 bridgehead atoms. The maximum atomic E-state index is 10.1. The van der Waals surface area contributed by atoms with Gasteiger partial charge in [0, 0.05) is 6.04 Å². The van der Waals surface area contributed by atoms with E-state index in [1.54, 1.807) is 0 Å². The minimum Gasteiger partial charge on any atom is -0.479 e. The first-order valence-electron chi connectivity index (χ1n) is 2.87. The molecule has 2 atom stereocenters. The molecule has 10 heavy (non-hydrogen) atoms. The lowest BCUT2D eigenvalue weighted by Gasteiger charge is -2.11. The summed E-state index contributed by atoms with van der Waals surface area (Å²) in [6.45, 7) is 3.36. The molecule has 0 aliphatic heterocycles. The number of aliphatic carboxylic acids is 1. The predicted octanol–water partition coefficient (Wildman–Crippen LogP) is -0.665. The Morgan fingerprint density at radius 1 is 1.80 bits per heavy atom. The van der Waals surface area contributed by atoms with E-state index in [-0.39, 0.29) is 0 Å². The number of aliphatic hydroxyl groups excluding tert-OH is 1. The molecular weight excluding hydrogens is 134 g/mol. The van der Waals surface area contributed by atoms with Crippen LogP contribution in [0.5, 0.6) is 0 Å². The van der Waals surface area contributed by atoms with Gasteiger partial charge in [0.05, 0.1) is 0 Å². The second-order valence-corrected chi connectivity index (χ2v) is 1.97. The Morgan fingerprint density at radius 3 is 2.60 bits per heavy atom. The average Bonchev–Trinajstić information content (AvgIpc) is 1.87. The molecule has 4 heteroatoms. The molecule has 4 N–H and O–H groups in total. The molecule has 0 spiro atoms. The summed E-state index contributed by atoms with van der Waals surface area (Å²) < 4.78 is 0. The first-order chi connectivity index (χ1) is 4.59. The van der Waals surface area contributed by atoms with Crippen molar-refractivity contribution < 1.29 is 15.0 Å². The maximum Gasteiger partial charge on any atom is 0.334 e. The quantitative estimate of drug-likeness (QED) is 0.458. The molecule has 0 rings (SSSR count). The molecule has 0 aliphatic carbocycles. The van der Waals surface area contributed by atoms with Gasteiger partial charge in [-0.05, 0) is 6.42 Å². The molecular formula is C6H11NO3. The van der Waals surface area contributed by atoms with Gasteiger partial charge in [-0.3, -0.25) is 0 Å². The van der Waals surface area contributed by atoms with Gasteiger partial charge in [0.1, 0.15) is 0 Å². The highest BCUT2D eigenvalue weighted by molar-refractivity contribution is 5.72. The number of nitrogens with two attached hydrogens (primary N) is 1. The van der Waals surface area contributed by atoms with Crippen LogP contribution >= 0.6 is 0 Å². The molecule has 0 saturated heterocycles. The molecule has 0 aromatic heterocycles. The van der Waals surface area contributed by atoms with E-state index in [4.69, 9.17) is 15.9 Å². The molecule has 0 aliphatic rings. The minimum absolute atomic E-state index is 0.299. The van der Waals surface area contributed by atoms with Crippen molar-refractivity contribution in [3.05, 3.63) is 12.7 Å². The molecule has 4 nitrogen and oxygen atoms in total. The fraction of sp³-hybridized carbons (Fsp3) is 0.500. The van der Waals surface area contributed by atoms with Gasteiger partial charge in [0.25, 0.3) is 0 Å². The highest BCUT2D eigenvalue weighted by Gasteiger charge is 2.20. The zero-order valence-corrected chi connectivity index (χ0v) is 5.53. The van der Waals surface area contributed by atoms with Crippen LogP contribution in [-0.4, -0.2) is 28.3 Å². The van der Waals surface area contributed by atoms with Crippen molar-refractivity contribution >= 4 is 5.97 Å². The monoisotopic (exact) mass is 145 g/mol. The zero-order chi connectivity index (χ0) is 8.15. The largest absolute Gasteiger partial charge is 0.479 e. The van der Waals surface area contributed by atoms with E-state index < -0.39 is 18.1 Å². The summed E-state index contributed by atoms with van der Waals surface area (Å²) >= 11 is 0. The number of carboxylic acid groups (broad SMARTS) is 1. The Bertz CT molecular complexity index is 135. The summed E-state index contributed by atoms with van der Waals surface area (Å²) in [5.74, 6) is -1.30. The summed E-state index contributed by atoms with van der Waals surface area (Å²) in [7, 11) is 0. The highest BCUT2D eigenvalue weighted by Crippen LogP contribution is 1.95. The topological polar surface area (TPSA) is 83.5 Å². The van der Waals surface area contributed by atoms with Crippen LogP contribution in [-0.2, 0) is 4.79 Å². The second-order valence-electron chi connectivity index (χ2n) is 1.97. The van der Waals surface area contributed by atoms with Gasteiger partial charge in [0.15, 0.2) is 6.10 Å². The van der Waals surface area contributed by atoms with Crippen molar-refractivity contribution in [3.8, 4) is 0 Å². The number of carboxylic acids is 1. The Kier molecular flexibility index (Phi) is 3.68. The first-order valence-corrected chi connectivity index (χ1v) is 2.87. The van der Waals surface area contributed by atoms with E-state index in [0.29, 0.717) is 6.42 Å². The van der Waals surface area contributed by atoms with Crippen molar-refractivity contribution in [1.29, 1.82) is 0 Å². The normalized spacial score (nSPS) is 15.8. The van der Waals surface area contributed by atoms with Gasteiger partial charge < -0.3 is 15.9 Å². The fourth-order valence-corrected chi connectivity index (χ4v) is 0.504. The van der Waals surface area contributed by atoms with E-state index in [2.05, 4.69) is 6.58 Å². The summed E-state index contributed by atoms with van der Waals surface area (Å²) in [5, 5.41) is 17.0. The number of hydrogen-bond acceptors (Lipinski definition) is 3. The maximum absolute atomic E-state index is 10.1. The van der Waals surface area contributed by atoms with Gasteiger partial charge in [0.2, 0.25) is 0 Å². The van der Waals surface area contributed by atoms with Crippen molar-refractivity contribution in [2.75, 3.05) is 0 Å². The second kappa shape index (κ2) is 4.03. The predicted molar refractivity (Wildman–Crippen MR) is 36.4 cm³/mol. The van der Waals surface area contributed by atoms with E-state index in [0.717, 1.165) is 0 Å². The molecule has 0 fully saturated rings. The smallest absolute Gasteiger partial charge is 0.334 e. The van der Waals surface area contributed by atoms with Crippen LogP contribution in [0.4, 0.5) is 0 Å². The molecule has 0 aromatic rings. The van der Waals surface area contributed by atoms with Crippen molar-refractivity contribution in [2.45, 2.75) is 18.6 Å². The lowest BCUT2D eigenvalue weighted by molar-refractivity contribution is -0.147. The van der Waals surface area contributed by atoms with Gasteiger partial charge in [-0.25, -0.2) is 4.79 Å². The van der Waals surface area contributed by atoms with Crippen LogP contribution in [0.25, 0.3) is 0 Å². The van der Waals surface area contributed by atoms with Crippen molar-refractivity contribution in [2.24, 2.45) is 5.73 Å².